The van der Waals surface area contributed by atoms with Gasteiger partial charge in [0.15, 0.2) is 0 Å². The van der Waals surface area contributed by atoms with Crippen molar-refractivity contribution >= 4 is 22.4 Å². The summed E-state index contributed by atoms with van der Waals surface area (Å²) in [5, 5.41) is 4.97. The molecule has 2 unspecified atom stereocenters. The summed E-state index contributed by atoms with van der Waals surface area (Å²) < 4.78 is 49.8. The Labute approximate surface area is 123 Å². The minimum absolute atomic E-state index is 0.0962. The number of anilines is 1. The lowest BCUT2D eigenvalue weighted by Crippen LogP contribution is -2.36. The molecule has 0 aliphatic rings. The number of carbonyl (C=O) groups is 1. The highest BCUT2D eigenvalue weighted by Crippen LogP contribution is 2.36. The van der Waals surface area contributed by atoms with E-state index in [4.69, 9.17) is 0 Å². The van der Waals surface area contributed by atoms with Gasteiger partial charge < -0.3 is 10.6 Å². The smallest absolute Gasteiger partial charge is 0.387 e. The SMILES string of the molecule is CNc1c(C(=O)NC(C)CS(C)=O)cccc1C(F)(F)F. The Balaban J connectivity index is 3.08. The first-order valence-electron chi connectivity index (χ1n) is 6.15. The van der Waals surface area contributed by atoms with Crippen LogP contribution in [0.1, 0.15) is 22.8 Å². The zero-order valence-electron chi connectivity index (χ0n) is 11.9. The minimum atomic E-state index is -4.55. The average Bonchev–Trinajstić information content (AvgIpc) is 2.35. The second kappa shape index (κ2) is 6.93. The van der Waals surface area contributed by atoms with Gasteiger partial charge in [-0.25, -0.2) is 0 Å². The normalized spacial score (nSPS) is 14.4. The van der Waals surface area contributed by atoms with Crippen LogP contribution >= 0.6 is 0 Å². The van der Waals surface area contributed by atoms with E-state index in [0.29, 0.717) is 0 Å². The summed E-state index contributed by atoms with van der Waals surface area (Å²) in [6.45, 7) is 1.64. The third-order valence-electron chi connectivity index (χ3n) is 2.73. The van der Waals surface area contributed by atoms with Crippen molar-refractivity contribution in [2.24, 2.45) is 0 Å². The van der Waals surface area contributed by atoms with E-state index in [1.54, 1.807) is 6.92 Å². The molecule has 0 aliphatic heterocycles. The lowest BCUT2D eigenvalue weighted by molar-refractivity contribution is -0.136. The van der Waals surface area contributed by atoms with Crippen LogP contribution in [0.4, 0.5) is 18.9 Å². The molecule has 0 aliphatic carbocycles. The van der Waals surface area contributed by atoms with Gasteiger partial charge in [0.1, 0.15) is 0 Å². The highest BCUT2D eigenvalue weighted by molar-refractivity contribution is 7.84. The molecule has 1 aromatic carbocycles. The molecular weight excluding hydrogens is 305 g/mol. The third kappa shape index (κ3) is 4.73. The maximum Gasteiger partial charge on any atom is 0.418 e. The fraction of sp³-hybridized carbons (Fsp3) is 0.462. The molecule has 0 heterocycles. The minimum Gasteiger partial charge on any atom is -0.387 e. The van der Waals surface area contributed by atoms with Crippen molar-refractivity contribution in [3.8, 4) is 0 Å². The largest absolute Gasteiger partial charge is 0.418 e. The molecule has 2 atom stereocenters. The fourth-order valence-electron chi connectivity index (χ4n) is 1.94. The first-order chi connectivity index (χ1) is 9.66. The highest BCUT2D eigenvalue weighted by Gasteiger charge is 2.35. The number of halogens is 3. The van der Waals surface area contributed by atoms with E-state index < -0.39 is 34.5 Å². The monoisotopic (exact) mass is 322 g/mol. The van der Waals surface area contributed by atoms with Crippen molar-refractivity contribution in [1.29, 1.82) is 0 Å². The summed E-state index contributed by atoms with van der Waals surface area (Å²) in [5.41, 5.74) is -1.27. The van der Waals surface area contributed by atoms with E-state index in [1.165, 1.54) is 25.4 Å². The summed E-state index contributed by atoms with van der Waals surface area (Å²) in [6, 6.07) is 3.00. The number of hydrogen-bond acceptors (Lipinski definition) is 3. The van der Waals surface area contributed by atoms with Crippen LogP contribution in [0, 0.1) is 0 Å². The van der Waals surface area contributed by atoms with Crippen molar-refractivity contribution in [2.75, 3.05) is 24.4 Å². The second-order valence-corrected chi connectivity index (χ2v) is 6.07. The number of nitrogens with one attached hydrogen (secondary N) is 2. The van der Waals surface area contributed by atoms with Gasteiger partial charge in [-0.2, -0.15) is 13.2 Å². The topological polar surface area (TPSA) is 58.2 Å². The molecule has 21 heavy (non-hydrogen) atoms. The van der Waals surface area contributed by atoms with E-state index in [2.05, 4.69) is 10.6 Å². The number of benzene rings is 1. The zero-order chi connectivity index (χ0) is 16.2. The highest BCUT2D eigenvalue weighted by atomic mass is 32.2. The van der Waals surface area contributed by atoms with Gasteiger partial charge in [0.2, 0.25) is 0 Å². The summed E-state index contributed by atoms with van der Waals surface area (Å²) in [7, 11) is 0.221. The van der Waals surface area contributed by atoms with E-state index in [-0.39, 0.29) is 17.0 Å². The van der Waals surface area contributed by atoms with Gasteiger partial charge in [-0.05, 0) is 19.1 Å². The Morgan fingerprint density at radius 1 is 1.38 bits per heavy atom. The van der Waals surface area contributed by atoms with Crippen molar-refractivity contribution in [3.05, 3.63) is 29.3 Å². The quantitative estimate of drug-likeness (QED) is 0.874. The maximum atomic E-state index is 12.9. The summed E-state index contributed by atoms with van der Waals surface area (Å²) in [4.78, 5) is 12.1. The molecule has 0 spiro atoms. The lowest BCUT2D eigenvalue weighted by Gasteiger charge is -2.18. The molecule has 4 nitrogen and oxygen atoms in total. The molecule has 0 aromatic heterocycles. The Hall–Kier alpha value is -1.57. The van der Waals surface area contributed by atoms with Crippen molar-refractivity contribution < 1.29 is 22.2 Å². The van der Waals surface area contributed by atoms with E-state index in [9.17, 15) is 22.2 Å². The number of alkyl halides is 3. The second-order valence-electron chi connectivity index (χ2n) is 4.59. The molecule has 1 rings (SSSR count). The van der Waals surface area contributed by atoms with Crippen molar-refractivity contribution in [2.45, 2.75) is 19.1 Å². The van der Waals surface area contributed by atoms with Gasteiger partial charge in [-0.15, -0.1) is 0 Å². The van der Waals surface area contributed by atoms with Crippen LogP contribution in [0.25, 0.3) is 0 Å². The van der Waals surface area contributed by atoms with Crippen LogP contribution in [0.3, 0.4) is 0 Å². The number of amides is 1. The summed E-state index contributed by atoms with van der Waals surface area (Å²) in [5.74, 6) is -0.400. The zero-order valence-corrected chi connectivity index (χ0v) is 12.7. The van der Waals surface area contributed by atoms with Gasteiger partial charge in [0.05, 0.1) is 16.8 Å². The number of carbonyl (C=O) groups excluding carboxylic acids is 1. The molecule has 0 fully saturated rings. The average molecular weight is 322 g/mol. The Kier molecular flexibility index (Phi) is 5.77. The molecule has 1 amide bonds. The molecular formula is C13H17F3N2O2S. The number of para-hydroxylation sites is 1. The first-order valence-corrected chi connectivity index (χ1v) is 7.88. The van der Waals surface area contributed by atoms with Gasteiger partial charge in [-0.1, -0.05) is 6.07 Å². The number of hydrogen-bond donors (Lipinski definition) is 2. The molecule has 0 radical (unpaired) electrons. The van der Waals surface area contributed by atoms with Crippen molar-refractivity contribution in [1.82, 2.24) is 5.32 Å². The molecule has 1 aromatic rings. The Morgan fingerprint density at radius 2 is 2.00 bits per heavy atom. The Morgan fingerprint density at radius 3 is 2.48 bits per heavy atom. The molecule has 2 N–H and O–H groups in total. The number of rotatable bonds is 5. The van der Waals surface area contributed by atoms with E-state index >= 15 is 0 Å². The maximum absolute atomic E-state index is 12.9. The third-order valence-corrected chi connectivity index (χ3v) is 3.70. The fourth-order valence-corrected chi connectivity index (χ4v) is 2.73. The molecule has 0 saturated carbocycles. The van der Waals surface area contributed by atoms with Gasteiger partial charge in [-0.3, -0.25) is 9.00 Å². The molecule has 0 bridgehead atoms. The summed E-state index contributed by atoms with van der Waals surface area (Å²) >= 11 is 0. The van der Waals surface area contributed by atoms with Crippen LogP contribution in [0.15, 0.2) is 18.2 Å². The molecule has 0 saturated heterocycles. The van der Waals surface area contributed by atoms with Crippen LogP contribution in [-0.2, 0) is 17.0 Å². The molecule has 118 valence electrons. The van der Waals surface area contributed by atoms with E-state index in [1.807, 2.05) is 0 Å². The molecule has 8 heteroatoms. The van der Waals surface area contributed by atoms with Gasteiger partial charge in [0, 0.05) is 35.9 Å². The Bertz CT molecular complexity index is 547. The van der Waals surface area contributed by atoms with Crippen LogP contribution in [-0.4, -0.2) is 35.2 Å². The predicted molar refractivity (Wildman–Crippen MR) is 76.9 cm³/mol. The van der Waals surface area contributed by atoms with E-state index in [0.717, 1.165) is 6.07 Å². The predicted octanol–water partition coefficient (Wildman–Crippen LogP) is 2.24. The van der Waals surface area contributed by atoms with Crippen LogP contribution < -0.4 is 10.6 Å². The van der Waals surface area contributed by atoms with Gasteiger partial charge >= 0.3 is 6.18 Å². The summed E-state index contributed by atoms with van der Waals surface area (Å²) in [6.07, 6.45) is -3.06. The lowest BCUT2D eigenvalue weighted by atomic mass is 10.1. The van der Waals surface area contributed by atoms with Crippen LogP contribution in [0.5, 0.6) is 0 Å². The van der Waals surface area contributed by atoms with Gasteiger partial charge in [0.25, 0.3) is 5.91 Å². The van der Waals surface area contributed by atoms with Crippen LogP contribution in [0.2, 0.25) is 0 Å². The van der Waals surface area contributed by atoms with Crippen molar-refractivity contribution in [3.63, 3.8) is 0 Å². The standard InChI is InChI=1S/C13H17F3N2O2S/c1-8(7-21(3)20)18-12(19)9-5-4-6-10(11(9)17-2)13(14,15)16/h4-6,8,17H,7H2,1-3H3,(H,18,19). The first kappa shape index (κ1) is 17.5.